The van der Waals surface area contributed by atoms with Gasteiger partial charge in [-0.05, 0) is 50.6 Å². The summed E-state index contributed by atoms with van der Waals surface area (Å²) < 4.78 is 38.4. The normalized spacial score (nSPS) is 15.4. The molecule has 1 aliphatic rings. The Labute approximate surface area is 169 Å². The number of carbonyl (C=O) groups is 1. The van der Waals surface area contributed by atoms with Gasteiger partial charge >= 0.3 is 0 Å². The Morgan fingerprint density at radius 1 is 1.25 bits per heavy atom. The van der Waals surface area contributed by atoms with Crippen molar-refractivity contribution in [1.29, 1.82) is 0 Å². The third-order valence-electron chi connectivity index (χ3n) is 4.48. The minimum absolute atomic E-state index is 0.0487. The molecule has 0 radical (unpaired) electrons. The fraction of sp³-hybridized carbons (Fsp3) is 0.421. The van der Waals surface area contributed by atoms with E-state index in [1.807, 2.05) is 19.9 Å². The predicted octanol–water partition coefficient (Wildman–Crippen LogP) is 3.04. The lowest BCUT2D eigenvalue weighted by Gasteiger charge is -2.27. The van der Waals surface area contributed by atoms with Crippen LogP contribution in [0.4, 0.5) is 5.69 Å². The molecule has 2 aromatic rings. The molecule has 0 bridgehead atoms. The molecule has 0 unspecified atom stereocenters. The van der Waals surface area contributed by atoms with Crippen LogP contribution in [0.2, 0.25) is 0 Å². The number of hydrogen-bond acceptors (Lipinski definition) is 6. The molecule has 0 saturated carbocycles. The summed E-state index contributed by atoms with van der Waals surface area (Å²) in [5.74, 6) is 0.00915. The number of aryl methyl sites for hydroxylation is 2. The van der Waals surface area contributed by atoms with Crippen LogP contribution in [0.1, 0.15) is 27.0 Å². The van der Waals surface area contributed by atoms with E-state index < -0.39 is 10.0 Å². The highest BCUT2D eigenvalue weighted by atomic mass is 32.2. The number of anilines is 1. The highest BCUT2D eigenvalue weighted by molar-refractivity contribution is 7.89. The number of sulfonamides is 1. The molecule has 0 spiro atoms. The molecule has 0 atom stereocenters. The Bertz CT molecular complexity index is 943. The maximum absolute atomic E-state index is 13.1. The van der Waals surface area contributed by atoms with Gasteiger partial charge in [0.15, 0.2) is 0 Å². The fourth-order valence-electron chi connectivity index (χ4n) is 2.87. The van der Waals surface area contributed by atoms with Gasteiger partial charge in [0.1, 0.15) is 10.6 Å². The third-order valence-corrected chi connectivity index (χ3v) is 7.55. The molecule has 28 heavy (non-hydrogen) atoms. The maximum atomic E-state index is 13.1. The standard InChI is InChI=1S/C19H24N2O5S2/c1-4-26-16-6-5-15(20-19(22)17-11-13(2)14(3)27-17)12-18(16)28(23,24)21-7-9-25-10-8-21/h5-6,11-12H,4,7-10H2,1-3H3,(H,20,22). The lowest BCUT2D eigenvalue weighted by molar-refractivity contribution is 0.0729. The maximum Gasteiger partial charge on any atom is 0.265 e. The van der Waals surface area contributed by atoms with E-state index in [0.29, 0.717) is 30.4 Å². The van der Waals surface area contributed by atoms with Crippen molar-refractivity contribution in [3.05, 3.63) is 39.6 Å². The first kappa shape index (κ1) is 20.8. The molecule has 152 valence electrons. The van der Waals surface area contributed by atoms with Gasteiger partial charge < -0.3 is 14.8 Å². The lowest BCUT2D eigenvalue weighted by atomic mass is 10.2. The molecule has 1 fully saturated rings. The van der Waals surface area contributed by atoms with Crippen LogP contribution in [0.15, 0.2) is 29.2 Å². The van der Waals surface area contributed by atoms with Crippen molar-refractivity contribution < 1.29 is 22.7 Å². The summed E-state index contributed by atoms with van der Waals surface area (Å²) in [6.07, 6.45) is 0. The Morgan fingerprint density at radius 3 is 2.57 bits per heavy atom. The predicted molar refractivity (Wildman–Crippen MR) is 109 cm³/mol. The van der Waals surface area contributed by atoms with E-state index in [1.54, 1.807) is 19.1 Å². The van der Waals surface area contributed by atoms with E-state index in [9.17, 15) is 13.2 Å². The number of benzene rings is 1. The van der Waals surface area contributed by atoms with Crippen molar-refractivity contribution in [2.24, 2.45) is 0 Å². The number of hydrogen-bond donors (Lipinski definition) is 1. The number of nitrogens with one attached hydrogen (secondary N) is 1. The SMILES string of the molecule is CCOc1ccc(NC(=O)c2cc(C)c(C)s2)cc1S(=O)(=O)N1CCOCC1. The number of ether oxygens (including phenoxy) is 2. The van der Waals surface area contributed by atoms with Crippen LogP contribution in [-0.4, -0.2) is 51.5 Å². The summed E-state index contributed by atoms with van der Waals surface area (Å²) in [7, 11) is -3.76. The zero-order chi connectivity index (χ0) is 20.3. The van der Waals surface area contributed by atoms with Gasteiger partial charge in [-0.3, -0.25) is 4.79 Å². The molecule has 1 aromatic heterocycles. The van der Waals surface area contributed by atoms with Crippen molar-refractivity contribution in [3.8, 4) is 5.75 Å². The zero-order valence-electron chi connectivity index (χ0n) is 16.1. The van der Waals surface area contributed by atoms with Crippen molar-refractivity contribution in [3.63, 3.8) is 0 Å². The number of amides is 1. The summed E-state index contributed by atoms with van der Waals surface area (Å²) in [6.45, 7) is 7.34. The third kappa shape index (κ3) is 4.38. The first-order valence-electron chi connectivity index (χ1n) is 9.06. The smallest absolute Gasteiger partial charge is 0.265 e. The number of morpholine rings is 1. The summed E-state index contributed by atoms with van der Waals surface area (Å²) in [6, 6.07) is 6.52. The second-order valence-corrected chi connectivity index (χ2v) is 9.58. The van der Waals surface area contributed by atoms with Crippen LogP contribution in [0, 0.1) is 13.8 Å². The number of thiophene rings is 1. The summed E-state index contributed by atoms with van der Waals surface area (Å²) in [5.41, 5.74) is 1.46. The number of rotatable bonds is 6. The molecule has 0 aliphatic carbocycles. The second kappa shape index (κ2) is 8.60. The van der Waals surface area contributed by atoms with Crippen LogP contribution >= 0.6 is 11.3 Å². The van der Waals surface area contributed by atoms with Gasteiger partial charge in [-0.2, -0.15) is 4.31 Å². The fourth-order valence-corrected chi connectivity index (χ4v) is 5.36. The van der Waals surface area contributed by atoms with Gasteiger partial charge in [-0.25, -0.2) is 8.42 Å². The topological polar surface area (TPSA) is 84.9 Å². The highest BCUT2D eigenvalue weighted by Gasteiger charge is 2.30. The van der Waals surface area contributed by atoms with Crippen molar-refractivity contribution >= 4 is 33.0 Å². The van der Waals surface area contributed by atoms with Gasteiger partial charge in [0.05, 0.1) is 24.7 Å². The first-order chi connectivity index (χ1) is 13.3. The molecular weight excluding hydrogens is 400 g/mol. The van der Waals surface area contributed by atoms with Gasteiger partial charge in [-0.1, -0.05) is 0 Å². The molecule has 1 aliphatic heterocycles. The van der Waals surface area contributed by atoms with E-state index in [2.05, 4.69) is 5.32 Å². The molecule has 1 amide bonds. The minimum Gasteiger partial charge on any atom is -0.492 e. The molecule has 2 heterocycles. The molecular formula is C19H24N2O5S2. The molecule has 1 N–H and O–H groups in total. The Kier molecular flexibility index (Phi) is 6.39. The molecule has 1 saturated heterocycles. The van der Waals surface area contributed by atoms with Crippen LogP contribution in [0.25, 0.3) is 0 Å². The van der Waals surface area contributed by atoms with Crippen LogP contribution < -0.4 is 10.1 Å². The van der Waals surface area contributed by atoms with Gasteiger partial charge in [0.2, 0.25) is 10.0 Å². The molecule has 7 nitrogen and oxygen atoms in total. The van der Waals surface area contributed by atoms with E-state index >= 15 is 0 Å². The van der Waals surface area contributed by atoms with E-state index in [1.165, 1.54) is 21.7 Å². The average molecular weight is 425 g/mol. The highest BCUT2D eigenvalue weighted by Crippen LogP contribution is 2.31. The lowest BCUT2D eigenvalue weighted by Crippen LogP contribution is -2.40. The van der Waals surface area contributed by atoms with Crippen molar-refractivity contribution in [2.45, 2.75) is 25.7 Å². The van der Waals surface area contributed by atoms with Crippen LogP contribution in [0.3, 0.4) is 0 Å². The molecule has 3 rings (SSSR count). The quantitative estimate of drug-likeness (QED) is 0.770. The van der Waals surface area contributed by atoms with E-state index in [4.69, 9.17) is 9.47 Å². The Morgan fingerprint density at radius 2 is 1.96 bits per heavy atom. The first-order valence-corrected chi connectivity index (χ1v) is 11.3. The Hall–Kier alpha value is -1.94. The van der Waals surface area contributed by atoms with Gasteiger partial charge in [0.25, 0.3) is 5.91 Å². The van der Waals surface area contributed by atoms with Crippen molar-refractivity contribution in [2.75, 3.05) is 38.2 Å². The summed E-state index contributed by atoms with van der Waals surface area (Å²) >= 11 is 1.41. The van der Waals surface area contributed by atoms with E-state index in [-0.39, 0.29) is 29.6 Å². The molecule has 9 heteroatoms. The zero-order valence-corrected chi connectivity index (χ0v) is 17.8. The monoisotopic (exact) mass is 424 g/mol. The summed E-state index contributed by atoms with van der Waals surface area (Å²) in [4.78, 5) is 14.3. The number of nitrogens with zero attached hydrogens (tertiary/aromatic N) is 1. The average Bonchev–Trinajstić information content (AvgIpc) is 3.02. The second-order valence-electron chi connectivity index (χ2n) is 6.41. The van der Waals surface area contributed by atoms with Crippen molar-refractivity contribution in [1.82, 2.24) is 4.31 Å². The minimum atomic E-state index is -3.76. The van der Waals surface area contributed by atoms with E-state index in [0.717, 1.165) is 10.4 Å². The van der Waals surface area contributed by atoms with Gasteiger partial charge in [-0.15, -0.1) is 11.3 Å². The van der Waals surface area contributed by atoms with Crippen LogP contribution in [-0.2, 0) is 14.8 Å². The Balaban J connectivity index is 1.91. The van der Waals surface area contributed by atoms with Crippen LogP contribution in [0.5, 0.6) is 5.75 Å². The van der Waals surface area contributed by atoms with Gasteiger partial charge in [0, 0.05) is 23.7 Å². The summed E-state index contributed by atoms with van der Waals surface area (Å²) in [5, 5.41) is 2.79. The molecule has 1 aromatic carbocycles. The number of carbonyl (C=O) groups excluding carboxylic acids is 1. The largest absolute Gasteiger partial charge is 0.492 e.